The van der Waals surface area contributed by atoms with Crippen LogP contribution in [0, 0.1) is 5.92 Å². The number of carboxylic acid groups (broad SMARTS) is 1. The molecule has 0 heterocycles. The van der Waals surface area contributed by atoms with Gasteiger partial charge in [0.05, 0.1) is 0 Å². The molecule has 2 aromatic carbocycles. The predicted molar refractivity (Wildman–Crippen MR) is 124 cm³/mol. The van der Waals surface area contributed by atoms with Gasteiger partial charge in [-0.15, -0.1) is 0 Å². The number of nitrogens with one attached hydrogen (secondary N) is 1. The molecule has 2 amide bonds. The minimum absolute atomic E-state index is 0.0192. The maximum atomic E-state index is 12.6. The molecular formula is C26H30N2O5. The number of hydrogen-bond donors (Lipinski definition) is 2. The third-order valence-corrected chi connectivity index (χ3v) is 6.76. The second kappa shape index (κ2) is 10.1. The van der Waals surface area contributed by atoms with Gasteiger partial charge in [0.1, 0.15) is 13.2 Å². The number of amides is 2. The molecule has 4 rings (SSSR count). The van der Waals surface area contributed by atoms with Crippen molar-refractivity contribution in [3.63, 3.8) is 0 Å². The fraction of sp³-hybridized carbons (Fsp3) is 0.423. The van der Waals surface area contributed by atoms with Crippen LogP contribution in [0.4, 0.5) is 4.79 Å². The predicted octanol–water partition coefficient (Wildman–Crippen LogP) is 4.02. The summed E-state index contributed by atoms with van der Waals surface area (Å²) in [5.74, 6) is -1.29. The lowest BCUT2D eigenvalue weighted by atomic mass is 9.85. The van der Waals surface area contributed by atoms with Crippen molar-refractivity contribution in [1.29, 1.82) is 0 Å². The minimum Gasteiger partial charge on any atom is -0.480 e. The number of likely N-dealkylation sites (N-methyl/N-ethyl adjacent to an activating group) is 1. The molecule has 0 saturated heterocycles. The van der Waals surface area contributed by atoms with Gasteiger partial charge in [-0.25, -0.2) is 4.79 Å². The second-order valence-electron chi connectivity index (χ2n) is 8.76. The molecule has 0 aromatic heterocycles. The first-order chi connectivity index (χ1) is 16.0. The second-order valence-corrected chi connectivity index (χ2v) is 8.76. The summed E-state index contributed by atoms with van der Waals surface area (Å²) < 4.78 is 5.63. The van der Waals surface area contributed by atoms with E-state index in [-0.39, 0.29) is 36.9 Å². The number of rotatable bonds is 7. The van der Waals surface area contributed by atoms with Crippen LogP contribution in [0.2, 0.25) is 0 Å². The van der Waals surface area contributed by atoms with E-state index in [9.17, 15) is 14.4 Å². The van der Waals surface area contributed by atoms with Gasteiger partial charge in [-0.3, -0.25) is 9.59 Å². The van der Waals surface area contributed by atoms with Crippen LogP contribution in [0.5, 0.6) is 0 Å². The Bertz CT molecular complexity index is 983. The first-order valence-electron chi connectivity index (χ1n) is 11.6. The molecule has 174 valence electrons. The van der Waals surface area contributed by atoms with Crippen LogP contribution in [-0.4, -0.2) is 53.7 Å². The van der Waals surface area contributed by atoms with Crippen LogP contribution in [0.15, 0.2) is 48.5 Å². The maximum Gasteiger partial charge on any atom is 0.407 e. The molecular weight excluding hydrogens is 420 g/mol. The van der Waals surface area contributed by atoms with Gasteiger partial charge in [0.25, 0.3) is 0 Å². The van der Waals surface area contributed by atoms with Gasteiger partial charge in [-0.1, -0.05) is 48.5 Å². The van der Waals surface area contributed by atoms with E-state index in [1.54, 1.807) is 6.92 Å². The van der Waals surface area contributed by atoms with E-state index in [0.29, 0.717) is 32.2 Å². The van der Waals surface area contributed by atoms with E-state index in [1.807, 2.05) is 24.3 Å². The smallest absolute Gasteiger partial charge is 0.407 e. The number of carbonyl (C=O) groups is 3. The first-order valence-corrected chi connectivity index (χ1v) is 11.6. The molecule has 2 N–H and O–H groups in total. The Morgan fingerprint density at radius 2 is 1.55 bits per heavy atom. The summed E-state index contributed by atoms with van der Waals surface area (Å²) in [6, 6.07) is 16.4. The molecule has 2 aromatic rings. The zero-order valence-corrected chi connectivity index (χ0v) is 18.8. The SMILES string of the molecule is CCN(CC(=O)O)C(=O)C1CCC(NC(=O)OCC2c3ccccc3-c3ccccc32)CC1. The molecule has 1 saturated carbocycles. The van der Waals surface area contributed by atoms with Gasteiger partial charge in [-0.2, -0.15) is 0 Å². The minimum atomic E-state index is -1.00. The van der Waals surface area contributed by atoms with E-state index < -0.39 is 12.1 Å². The molecule has 0 spiro atoms. The lowest BCUT2D eigenvalue weighted by Crippen LogP contribution is -2.43. The third-order valence-electron chi connectivity index (χ3n) is 6.76. The highest BCUT2D eigenvalue weighted by Crippen LogP contribution is 2.44. The number of nitrogens with zero attached hydrogens (tertiary/aromatic N) is 1. The van der Waals surface area contributed by atoms with Crippen LogP contribution in [0.1, 0.15) is 49.7 Å². The number of carboxylic acids is 1. The van der Waals surface area contributed by atoms with Gasteiger partial charge in [0.2, 0.25) is 5.91 Å². The molecule has 0 bridgehead atoms. The average Bonchev–Trinajstić information content (AvgIpc) is 3.15. The molecule has 0 unspecified atom stereocenters. The number of alkyl carbamates (subject to hydrolysis) is 1. The van der Waals surface area contributed by atoms with Crippen molar-refractivity contribution >= 4 is 18.0 Å². The fourth-order valence-electron chi connectivity index (χ4n) is 5.06. The zero-order valence-electron chi connectivity index (χ0n) is 18.8. The van der Waals surface area contributed by atoms with Crippen LogP contribution < -0.4 is 5.32 Å². The summed E-state index contributed by atoms with van der Waals surface area (Å²) in [4.78, 5) is 37.5. The summed E-state index contributed by atoms with van der Waals surface area (Å²) in [5, 5.41) is 11.9. The van der Waals surface area contributed by atoms with Crippen molar-refractivity contribution in [3.8, 4) is 11.1 Å². The molecule has 0 aliphatic heterocycles. The number of carbonyl (C=O) groups excluding carboxylic acids is 2. The number of benzene rings is 2. The van der Waals surface area contributed by atoms with Crippen molar-refractivity contribution in [1.82, 2.24) is 10.2 Å². The topological polar surface area (TPSA) is 95.9 Å². The van der Waals surface area contributed by atoms with Gasteiger partial charge >= 0.3 is 12.1 Å². The Morgan fingerprint density at radius 1 is 0.970 bits per heavy atom. The molecule has 1 fully saturated rings. The van der Waals surface area contributed by atoms with E-state index in [2.05, 4.69) is 29.6 Å². The Balaban J connectivity index is 1.28. The molecule has 0 radical (unpaired) electrons. The van der Waals surface area contributed by atoms with Crippen LogP contribution in [0.3, 0.4) is 0 Å². The van der Waals surface area contributed by atoms with Gasteiger partial charge in [0.15, 0.2) is 0 Å². The van der Waals surface area contributed by atoms with Crippen LogP contribution in [-0.2, 0) is 14.3 Å². The van der Waals surface area contributed by atoms with Crippen LogP contribution >= 0.6 is 0 Å². The van der Waals surface area contributed by atoms with Crippen molar-refractivity contribution < 1.29 is 24.2 Å². The third kappa shape index (κ3) is 5.02. The van der Waals surface area contributed by atoms with E-state index in [4.69, 9.17) is 9.84 Å². The molecule has 7 heteroatoms. The monoisotopic (exact) mass is 450 g/mol. The maximum absolute atomic E-state index is 12.6. The fourth-order valence-corrected chi connectivity index (χ4v) is 5.06. The van der Waals surface area contributed by atoms with Crippen molar-refractivity contribution in [2.45, 2.75) is 44.6 Å². The van der Waals surface area contributed by atoms with Gasteiger partial charge in [-0.05, 0) is 54.9 Å². The summed E-state index contributed by atoms with van der Waals surface area (Å²) >= 11 is 0. The Kier molecular flexibility index (Phi) is 6.96. The summed E-state index contributed by atoms with van der Waals surface area (Å²) in [6.45, 7) is 2.16. The molecule has 2 aliphatic rings. The van der Waals surface area contributed by atoms with Gasteiger partial charge in [0, 0.05) is 24.4 Å². The Morgan fingerprint density at radius 3 is 2.09 bits per heavy atom. The lowest BCUT2D eigenvalue weighted by molar-refractivity contribution is -0.146. The Labute approximate surface area is 193 Å². The largest absolute Gasteiger partial charge is 0.480 e. The van der Waals surface area contributed by atoms with Crippen molar-refractivity contribution in [2.24, 2.45) is 5.92 Å². The van der Waals surface area contributed by atoms with Crippen molar-refractivity contribution in [3.05, 3.63) is 59.7 Å². The quantitative estimate of drug-likeness (QED) is 0.664. The summed E-state index contributed by atoms with van der Waals surface area (Å²) in [6.07, 6.45) is 2.16. The van der Waals surface area contributed by atoms with Gasteiger partial charge < -0.3 is 20.1 Å². The number of ether oxygens (including phenoxy) is 1. The van der Waals surface area contributed by atoms with Crippen LogP contribution in [0.25, 0.3) is 11.1 Å². The highest BCUT2D eigenvalue weighted by Gasteiger charge is 2.32. The van der Waals surface area contributed by atoms with E-state index in [0.717, 1.165) is 0 Å². The molecule has 0 atom stereocenters. The summed E-state index contributed by atoms with van der Waals surface area (Å²) in [7, 11) is 0. The van der Waals surface area contributed by atoms with Crippen molar-refractivity contribution in [2.75, 3.05) is 19.7 Å². The zero-order chi connectivity index (χ0) is 23.4. The lowest BCUT2D eigenvalue weighted by Gasteiger charge is -2.31. The van der Waals surface area contributed by atoms with E-state index >= 15 is 0 Å². The number of hydrogen-bond acceptors (Lipinski definition) is 4. The molecule has 2 aliphatic carbocycles. The molecule has 7 nitrogen and oxygen atoms in total. The highest BCUT2D eigenvalue weighted by molar-refractivity contribution is 5.83. The summed E-state index contributed by atoms with van der Waals surface area (Å²) in [5.41, 5.74) is 4.72. The number of fused-ring (bicyclic) bond motifs is 3. The van der Waals surface area contributed by atoms with E-state index in [1.165, 1.54) is 27.2 Å². The molecule has 33 heavy (non-hydrogen) atoms. The highest BCUT2D eigenvalue weighted by atomic mass is 16.5. The first kappa shape index (κ1) is 22.8. The average molecular weight is 451 g/mol. The Hall–Kier alpha value is -3.35. The standard InChI is InChI=1S/C26H30N2O5/c1-2-28(15-24(29)30)25(31)17-11-13-18(14-12-17)27-26(32)33-16-23-21-9-5-3-7-19(21)20-8-4-6-10-22(20)23/h3-10,17-18,23H,2,11-16H2,1H3,(H,27,32)(H,29,30). The number of aliphatic carboxylic acids is 1. The normalized spacial score (nSPS) is 19.3.